The fourth-order valence-electron chi connectivity index (χ4n) is 3.68. The van der Waals surface area contributed by atoms with Crippen molar-refractivity contribution >= 4 is 35.3 Å². The van der Waals surface area contributed by atoms with E-state index in [2.05, 4.69) is 10.3 Å². The molecule has 172 valence electrons. The average Bonchev–Trinajstić information content (AvgIpc) is 3.08. The number of likely N-dealkylation sites (tertiary alicyclic amines) is 1. The number of aliphatic hydroxyl groups is 1. The van der Waals surface area contributed by atoms with Gasteiger partial charge in [-0.15, -0.1) is 0 Å². The first-order valence-corrected chi connectivity index (χ1v) is 10.1. The zero-order valence-electron chi connectivity index (χ0n) is 17.7. The number of anilines is 1. The van der Waals surface area contributed by atoms with E-state index in [0.29, 0.717) is 5.69 Å². The van der Waals surface area contributed by atoms with Crippen molar-refractivity contribution < 1.29 is 34.2 Å². The van der Waals surface area contributed by atoms with Crippen molar-refractivity contribution in [2.45, 2.75) is 18.9 Å². The molecule has 1 unspecified atom stereocenters. The van der Waals surface area contributed by atoms with Gasteiger partial charge in [0.2, 0.25) is 5.91 Å². The number of carboxylic acid groups (broad SMARTS) is 1. The number of nitrogens with zero attached hydrogens (tertiary/aromatic N) is 3. The molecule has 3 N–H and O–H groups in total. The van der Waals surface area contributed by atoms with Gasteiger partial charge in [-0.05, 0) is 30.7 Å². The van der Waals surface area contributed by atoms with Crippen molar-refractivity contribution in [3.05, 3.63) is 59.4 Å². The molecule has 1 saturated heterocycles. The minimum Gasteiger partial charge on any atom is -0.478 e. The van der Waals surface area contributed by atoms with Crippen LogP contribution in [0.25, 0.3) is 0 Å². The highest BCUT2D eigenvalue weighted by Gasteiger charge is 2.47. The normalized spacial score (nSPS) is 17.5. The number of amides is 4. The summed E-state index contributed by atoms with van der Waals surface area (Å²) in [7, 11) is 1.64. The molecule has 33 heavy (non-hydrogen) atoms. The summed E-state index contributed by atoms with van der Waals surface area (Å²) in [6, 6.07) is 6.94. The summed E-state index contributed by atoms with van der Waals surface area (Å²) in [6.45, 7) is -0.505. The molecule has 0 radical (unpaired) electrons. The van der Waals surface area contributed by atoms with Gasteiger partial charge in [0.25, 0.3) is 17.7 Å². The highest BCUT2D eigenvalue weighted by molar-refractivity contribution is 6.25. The van der Waals surface area contributed by atoms with Gasteiger partial charge in [-0.1, -0.05) is 6.07 Å². The smallest absolute Gasteiger partial charge is 0.337 e. The lowest BCUT2D eigenvalue weighted by Crippen LogP contribution is -2.56. The van der Waals surface area contributed by atoms with Gasteiger partial charge in [-0.2, -0.15) is 0 Å². The molecule has 3 heterocycles. The number of fused-ring (bicyclic) bond motifs is 1. The Morgan fingerprint density at radius 3 is 2.48 bits per heavy atom. The molecule has 0 bridgehead atoms. The second-order valence-corrected chi connectivity index (χ2v) is 7.17. The Balaban J connectivity index is 0.000000286. The Hall–Kier alpha value is -4.12. The van der Waals surface area contributed by atoms with Crippen molar-refractivity contribution in [3.63, 3.8) is 0 Å². The van der Waals surface area contributed by atoms with Crippen LogP contribution in [0.2, 0.25) is 0 Å². The standard InChI is InChI=1S/C16H17N3O5.C6H5NO2/c1-17-10-4-2-3-9-13(10)16(24)19(14(9)22)11-5-6-12(21)18(7-8-20)15(11)23;8-6(9)5-2-1-3-7-4-5/h2-4,11,17,20H,5-8H2,1H3;1-4H,(H,8,9). The Bertz CT molecular complexity index is 1100. The second-order valence-electron chi connectivity index (χ2n) is 7.17. The summed E-state index contributed by atoms with van der Waals surface area (Å²) >= 11 is 0. The van der Waals surface area contributed by atoms with Crippen LogP contribution in [0.3, 0.4) is 0 Å². The molecule has 1 atom stereocenters. The number of pyridine rings is 1. The predicted molar refractivity (Wildman–Crippen MR) is 115 cm³/mol. The van der Waals surface area contributed by atoms with Gasteiger partial charge < -0.3 is 15.5 Å². The molecule has 2 aliphatic rings. The molecule has 1 fully saturated rings. The van der Waals surface area contributed by atoms with Crippen LogP contribution in [0, 0.1) is 0 Å². The van der Waals surface area contributed by atoms with Crippen molar-refractivity contribution in [1.82, 2.24) is 14.8 Å². The molecule has 4 amide bonds. The lowest BCUT2D eigenvalue weighted by Gasteiger charge is -2.34. The summed E-state index contributed by atoms with van der Waals surface area (Å²) in [5.74, 6) is -3.05. The number of aromatic nitrogens is 1. The quantitative estimate of drug-likeness (QED) is 0.551. The fourth-order valence-corrected chi connectivity index (χ4v) is 3.68. The highest BCUT2D eigenvalue weighted by atomic mass is 16.4. The molecule has 11 heteroatoms. The summed E-state index contributed by atoms with van der Waals surface area (Å²) in [5, 5.41) is 20.2. The Morgan fingerprint density at radius 1 is 1.15 bits per heavy atom. The van der Waals surface area contributed by atoms with Crippen molar-refractivity contribution in [2.75, 3.05) is 25.5 Å². The van der Waals surface area contributed by atoms with Gasteiger partial charge in [-0.3, -0.25) is 34.0 Å². The molecule has 2 aliphatic heterocycles. The van der Waals surface area contributed by atoms with Gasteiger partial charge in [0.05, 0.1) is 29.8 Å². The number of imide groups is 2. The Labute approximate surface area is 188 Å². The topological polar surface area (TPSA) is 157 Å². The van der Waals surface area contributed by atoms with E-state index in [4.69, 9.17) is 10.2 Å². The number of hydrogen-bond donors (Lipinski definition) is 3. The highest BCUT2D eigenvalue weighted by Crippen LogP contribution is 2.33. The van der Waals surface area contributed by atoms with Gasteiger partial charge >= 0.3 is 5.97 Å². The van der Waals surface area contributed by atoms with Crippen LogP contribution in [0.15, 0.2) is 42.7 Å². The van der Waals surface area contributed by atoms with E-state index in [1.165, 1.54) is 18.5 Å². The SMILES string of the molecule is CNc1cccc2c1C(=O)N(C1CCC(=O)N(CCO)C1=O)C2=O.O=C(O)c1cccnc1. The number of nitrogens with one attached hydrogen (secondary N) is 1. The lowest BCUT2D eigenvalue weighted by atomic mass is 10.0. The lowest BCUT2D eigenvalue weighted by molar-refractivity contribution is -0.152. The molecule has 2 aromatic rings. The van der Waals surface area contributed by atoms with Crippen LogP contribution in [-0.4, -0.2) is 80.8 Å². The predicted octanol–water partition coefficient (Wildman–Crippen LogP) is 0.614. The maximum atomic E-state index is 12.7. The maximum Gasteiger partial charge on any atom is 0.337 e. The molecule has 1 aromatic carbocycles. The second kappa shape index (κ2) is 10.0. The fraction of sp³-hybridized carbons (Fsp3) is 0.273. The largest absolute Gasteiger partial charge is 0.478 e. The van der Waals surface area contributed by atoms with Crippen LogP contribution in [0.5, 0.6) is 0 Å². The van der Waals surface area contributed by atoms with Gasteiger partial charge in [0.1, 0.15) is 6.04 Å². The van der Waals surface area contributed by atoms with E-state index in [9.17, 15) is 24.0 Å². The minimum atomic E-state index is -1.02. The molecule has 11 nitrogen and oxygen atoms in total. The number of carboxylic acids is 1. The third-order valence-corrected chi connectivity index (χ3v) is 5.24. The average molecular weight is 454 g/mol. The molecule has 0 saturated carbocycles. The molecule has 4 rings (SSSR count). The van der Waals surface area contributed by atoms with E-state index in [1.807, 2.05) is 0 Å². The first-order valence-electron chi connectivity index (χ1n) is 10.1. The number of carbonyl (C=O) groups is 5. The third kappa shape index (κ3) is 4.58. The molecular weight excluding hydrogens is 432 g/mol. The van der Waals surface area contributed by atoms with E-state index in [0.717, 1.165) is 9.80 Å². The number of β-amino-alcohol motifs (C(OH)–C–C–N with tert-alkyl or cyclic N) is 1. The number of hydrogen-bond acceptors (Lipinski definition) is 8. The summed E-state index contributed by atoms with van der Waals surface area (Å²) in [4.78, 5) is 65.4. The Morgan fingerprint density at radius 2 is 1.91 bits per heavy atom. The third-order valence-electron chi connectivity index (χ3n) is 5.24. The summed E-state index contributed by atoms with van der Waals surface area (Å²) in [5.41, 5.74) is 1.21. The van der Waals surface area contributed by atoms with Crippen LogP contribution in [0.1, 0.15) is 43.9 Å². The Kier molecular flexibility index (Phi) is 7.13. The zero-order chi connectivity index (χ0) is 24.1. The van der Waals surface area contributed by atoms with E-state index in [1.54, 1.807) is 31.3 Å². The van der Waals surface area contributed by atoms with Crippen LogP contribution in [0.4, 0.5) is 5.69 Å². The van der Waals surface area contributed by atoms with Gasteiger partial charge in [0, 0.05) is 31.5 Å². The molecule has 0 spiro atoms. The van der Waals surface area contributed by atoms with Gasteiger partial charge in [0.15, 0.2) is 0 Å². The van der Waals surface area contributed by atoms with E-state index >= 15 is 0 Å². The maximum absolute atomic E-state index is 12.7. The van der Waals surface area contributed by atoms with Crippen molar-refractivity contribution in [2.24, 2.45) is 0 Å². The first-order chi connectivity index (χ1) is 15.8. The molecular formula is C22H22N4O7. The van der Waals surface area contributed by atoms with Gasteiger partial charge in [-0.25, -0.2) is 4.79 Å². The molecule has 1 aromatic heterocycles. The zero-order valence-corrected chi connectivity index (χ0v) is 17.7. The van der Waals surface area contributed by atoms with Crippen LogP contribution >= 0.6 is 0 Å². The first kappa shape index (κ1) is 23.5. The van der Waals surface area contributed by atoms with Crippen LogP contribution in [-0.2, 0) is 9.59 Å². The molecule has 0 aliphatic carbocycles. The number of benzene rings is 1. The number of aromatic carboxylic acids is 1. The van der Waals surface area contributed by atoms with Crippen LogP contribution < -0.4 is 5.32 Å². The number of rotatable bonds is 5. The minimum absolute atomic E-state index is 0.0443. The van der Waals surface area contributed by atoms with Crippen molar-refractivity contribution in [1.29, 1.82) is 0 Å². The van der Waals surface area contributed by atoms with E-state index < -0.39 is 35.6 Å². The number of carbonyl (C=O) groups excluding carboxylic acids is 4. The number of aliphatic hydroxyl groups excluding tert-OH is 1. The summed E-state index contributed by atoms with van der Waals surface area (Å²) in [6.07, 6.45) is 2.98. The summed E-state index contributed by atoms with van der Waals surface area (Å²) < 4.78 is 0. The van der Waals surface area contributed by atoms with Crippen molar-refractivity contribution in [3.8, 4) is 0 Å². The monoisotopic (exact) mass is 454 g/mol. The number of piperidine rings is 1. The van der Waals surface area contributed by atoms with E-state index in [-0.39, 0.29) is 42.7 Å².